The van der Waals surface area contributed by atoms with Crippen LogP contribution in [0, 0.1) is 16.0 Å². The SMILES string of the molecule is CCOC(=O)[C@@H]1CN(Cc2ccccc2)C[C@@H]1c1ccc([N+](=O)[O-])cc1. The van der Waals surface area contributed by atoms with E-state index >= 15 is 0 Å². The van der Waals surface area contributed by atoms with Crippen LogP contribution in [0.1, 0.15) is 24.0 Å². The van der Waals surface area contributed by atoms with Crippen LogP contribution in [0.3, 0.4) is 0 Å². The van der Waals surface area contributed by atoms with Crippen LogP contribution in [-0.4, -0.2) is 35.5 Å². The fraction of sp³-hybridized carbons (Fsp3) is 0.350. The Kier molecular flexibility index (Phi) is 5.63. The Labute approximate surface area is 152 Å². The first kappa shape index (κ1) is 18.1. The zero-order valence-electron chi connectivity index (χ0n) is 14.7. The number of esters is 1. The number of likely N-dealkylation sites (tertiary alicyclic amines) is 1. The Bertz CT molecular complexity index is 761. The number of benzene rings is 2. The van der Waals surface area contributed by atoms with E-state index in [0.29, 0.717) is 13.2 Å². The van der Waals surface area contributed by atoms with Crippen molar-refractivity contribution in [1.29, 1.82) is 0 Å². The Morgan fingerprint density at radius 2 is 1.85 bits per heavy atom. The van der Waals surface area contributed by atoms with Gasteiger partial charge in [-0.2, -0.15) is 0 Å². The van der Waals surface area contributed by atoms with Gasteiger partial charge in [-0.1, -0.05) is 42.5 Å². The number of nitrogens with zero attached hydrogens (tertiary/aromatic N) is 2. The Morgan fingerprint density at radius 1 is 1.15 bits per heavy atom. The molecule has 1 heterocycles. The molecule has 0 amide bonds. The first-order valence-corrected chi connectivity index (χ1v) is 8.75. The van der Waals surface area contributed by atoms with Crippen LogP contribution in [0.5, 0.6) is 0 Å². The number of hydrogen-bond acceptors (Lipinski definition) is 5. The van der Waals surface area contributed by atoms with E-state index in [1.54, 1.807) is 19.1 Å². The van der Waals surface area contributed by atoms with Crippen LogP contribution < -0.4 is 0 Å². The minimum Gasteiger partial charge on any atom is -0.466 e. The lowest BCUT2D eigenvalue weighted by Gasteiger charge is -2.17. The second kappa shape index (κ2) is 8.10. The first-order chi connectivity index (χ1) is 12.6. The molecule has 26 heavy (non-hydrogen) atoms. The van der Waals surface area contributed by atoms with E-state index < -0.39 is 4.92 Å². The Hall–Kier alpha value is -2.73. The molecule has 2 aromatic rings. The molecule has 0 aliphatic carbocycles. The van der Waals surface area contributed by atoms with Gasteiger partial charge in [-0.25, -0.2) is 0 Å². The maximum atomic E-state index is 12.4. The molecule has 1 fully saturated rings. The van der Waals surface area contributed by atoms with Gasteiger partial charge in [0.05, 0.1) is 17.4 Å². The standard InChI is InChI=1S/C20H22N2O4/c1-2-26-20(23)19-14-21(12-15-6-4-3-5-7-15)13-18(19)16-8-10-17(11-9-16)22(24)25/h3-11,18-19H,2,12-14H2,1H3/t18-,19-/m1/s1. The van der Waals surface area contributed by atoms with E-state index in [0.717, 1.165) is 18.7 Å². The number of carbonyl (C=O) groups excluding carboxylic acids is 1. The molecule has 0 saturated carbocycles. The predicted octanol–water partition coefficient (Wildman–Crippen LogP) is 3.37. The topological polar surface area (TPSA) is 72.7 Å². The molecule has 6 nitrogen and oxygen atoms in total. The summed E-state index contributed by atoms with van der Waals surface area (Å²) in [5.74, 6) is -0.495. The van der Waals surface area contributed by atoms with Gasteiger partial charge < -0.3 is 4.74 Å². The molecule has 0 spiro atoms. The largest absolute Gasteiger partial charge is 0.466 e. The summed E-state index contributed by atoms with van der Waals surface area (Å²) in [7, 11) is 0. The van der Waals surface area contributed by atoms with Crippen molar-refractivity contribution in [2.75, 3.05) is 19.7 Å². The van der Waals surface area contributed by atoms with Gasteiger partial charge in [-0.05, 0) is 18.1 Å². The van der Waals surface area contributed by atoms with Crippen LogP contribution in [0.25, 0.3) is 0 Å². The summed E-state index contributed by atoms with van der Waals surface area (Å²) in [5, 5.41) is 10.9. The van der Waals surface area contributed by atoms with Gasteiger partial charge in [0.25, 0.3) is 5.69 Å². The molecule has 0 bridgehead atoms. The number of ether oxygens (including phenoxy) is 1. The van der Waals surface area contributed by atoms with Crippen LogP contribution in [-0.2, 0) is 16.1 Å². The van der Waals surface area contributed by atoms with Crippen LogP contribution in [0.4, 0.5) is 5.69 Å². The Morgan fingerprint density at radius 3 is 2.46 bits per heavy atom. The number of nitro groups is 1. The normalized spacial score (nSPS) is 20.0. The quantitative estimate of drug-likeness (QED) is 0.452. The molecule has 2 atom stereocenters. The van der Waals surface area contributed by atoms with E-state index in [1.807, 2.05) is 18.2 Å². The third-order valence-electron chi connectivity index (χ3n) is 4.77. The molecule has 3 rings (SSSR count). The molecule has 1 aliphatic heterocycles. The molecule has 0 aromatic heterocycles. The van der Waals surface area contributed by atoms with Crippen molar-refractivity contribution < 1.29 is 14.5 Å². The highest BCUT2D eigenvalue weighted by Gasteiger charge is 2.39. The minimum atomic E-state index is -0.414. The van der Waals surface area contributed by atoms with Crippen molar-refractivity contribution in [1.82, 2.24) is 4.90 Å². The second-order valence-electron chi connectivity index (χ2n) is 6.49. The van der Waals surface area contributed by atoms with E-state index in [1.165, 1.54) is 17.7 Å². The summed E-state index contributed by atoms with van der Waals surface area (Å²) in [6, 6.07) is 16.6. The third-order valence-corrected chi connectivity index (χ3v) is 4.77. The van der Waals surface area contributed by atoms with Gasteiger partial charge in [0.2, 0.25) is 0 Å². The van der Waals surface area contributed by atoms with Crippen molar-refractivity contribution in [3.05, 3.63) is 75.8 Å². The highest BCUT2D eigenvalue weighted by molar-refractivity contribution is 5.74. The van der Waals surface area contributed by atoms with Crippen molar-refractivity contribution in [3.63, 3.8) is 0 Å². The highest BCUT2D eigenvalue weighted by Crippen LogP contribution is 2.35. The maximum absolute atomic E-state index is 12.4. The van der Waals surface area contributed by atoms with Crippen LogP contribution in [0.15, 0.2) is 54.6 Å². The van der Waals surface area contributed by atoms with E-state index in [-0.39, 0.29) is 23.5 Å². The lowest BCUT2D eigenvalue weighted by atomic mass is 9.89. The fourth-order valence-corrected chi connectivity index (χ4v) is 3.53. The van der Waals surface area contributed by atoms with Crippen molar-refractivity contribution in [2.24, 2.45) is 5.92 Å². The zero-order chi connectivity index (χ0) is 18.5. The summed E-state index contributed by atoms with van der Waals surface area (Å²) in [5.41, 5.74) is 2.18. The molecule has 0 N–H and O–H groups in total. The maximum Gasteiger partial charge on any atom is 0.310 e. The molecule has 0 radical (unpaired) electrons. The summed E-state index contributed by atoms with van der Waals surface area (Å²) in [4.78, 5) is 25.1. The summed E-state index contributed by atoms with van der Waals surface area (Å²) < 4.78 is 5.26. The number of non-ortho nitro benzene ring substituents is 1. The average molecular weight is 354 g/mol. The zero-order valence-corrected chi connectivity index (χ0v) is 14.7. The average Bonchev–Trinajstić information content (AvgIpc) is 3.07. The van der Waals surface area contributed by atoms with Gasteiger partial charge in [0, 0.05) is 37.7 Å². The van der Waals surface area contributed by atoms with E-state index in [2.05, 4.69) is 17.0 Å². The summed E-state index contributed by atoms with van der Waals surface area (Å²) in [6.07, 6.45) is 0. The number of carbonyl (C=O) groups is 1. The Balaban J connectivity index is 1.80. The molecule has 136 valence electrons. The predicted molar refractivity (Wildman–Crippen MR) is 97.7 cm³/mol. The lowest BCUT2D eigenvalue weighted by Crippen LogP contribution is -2.25. The van der Waals surface area contributed by atoms with Gasteiger partial charge in [0.15, 0.2) is 0 Å². The van der Waals surface area contributed by atoms with Gasteiger partial charge in [-0.3, -0.25) is 19.8 Å². The second-order valence-corrected chi connectivity index (χ2v) is 6.49. The molecule has 2 aromatic carbocycles. The van der Waals surface area contributed by atoms with E-state index in [9.17, 15) is 14.9 Å². The van der Waals surface area contributed by atoms with E-state index in [4.69, 9.17) is 4.74 Å². The molecular formula is C20H22N2O4. The van der Waals surface area contributed by atoms with Gasteiger partial charge in [-0.15, -0.1) is 0 Å². The highest BCUT2D eigenvalue weighted by atomic mass is 16.6. The molecule has 0 unspecified atom stereocenters. The molecule has 1 saturated heterocycles. The third kappa shape index (κ3) is 4.08. The van der Waals surface area contributed by atoms with Crippen molar-refractivity contribution in [2.45, 2.75) is 19.4 Å². The smallest absolute Gasteiger partial charge is 0.310 e. The number of rotatable bonds is 6. The summed E-state index contributed by atoms with van der Waals surface area (Å²) in [6.45, 7) is 4.25. The molecule has 1 aliphatic rings. The van der Waals surface area contributed by atoms with Crippen LogP contribution >= 0.6 is 0 Å². The van der Waals surface area contributed by atoms with Crippen LogP contribution in [0.2, 0.25) is 0 Å². The number of hydrogen-bond donors (Lipinski definition) is 0. The summed E-state index contributed by atoms with van der Waals surface area (Å²) >= 11 is 0. The minimum absolute atomic E-state index is 0.0291. The number of nitro benzene ring substituents is 1. The van der Waals surface area contributed by atoms with Gasteiger partial charge >= 0.3 is 5.97 Å². The first-order valence-electron chi connectivity index (χ1n) is 8.75. The van der Waals surface area contributed by atoms with Crippen molar-refractivity contribution >= 4 is 11.7 Å². The van der Waals surface area contributed by atoms with Crippen molar-refractivity contribution in [3.8, 4) is 0 Å². The lowest BCUT2D eigenvalue weighted by molar-refractivity contribution is -0.384. The monoisotopic (exact) mass is 354 g/mol. The van der Waals surface area contributed by atoms with Gasteiger partial charge in [0.1, 0.15) is 0 Å². The molecular weight excluding hydrogens is 332 g/mol. The molecule has 6 heteroatoms. The fourth-order valence-electron chi connectivity index (χ4n) is 3.53.